The number of hydrogen-bond acceptors (Lipinski definition) is 15. The van der Waals surface area contributed by atoms with Gasteiger partial charge in [0.05, 0.1) is 26.4 Å². The molecule has 0 saturated carbocycles. The molecule has 17 nitrogen and oxygen atoms in total. The van der Waals surface area contributed by atoms with Gasteiger partial charge >= 0.3 is 39.5 Å². The number of esters is 4. The molecule has 0 amide bonds. The predicted molar refractivity (Wildman–Crippen MR) is 446 cm³/mol. The first-order chi connectivity index (χ1) is 52.3. The van der Waals surface area contributed by atoms with Crippen molar-refractivity contribution in [1.29, 1.82) is 0 Å². The van der Waals surface area contributed by atoms with Crippen LogP contribution in [0.3, 0.4) is 0 Å². The molecule has 0 aliphatic heterocycles. The second kappa shape index (κ2) is 78.9. The van der Waals surface area contributed by atoms with Crippen LogP contribution in [-0.4, -0.2) is 96.7 Å². The van der Waals surface area contributed by atoms with Crippen LogP contribution in [0.4, 0.5) is 0 Å². The molecule has 0 spiro atoms. The molecule has 0 aromatic heterocycles. The van der Waals surface area contributed by atoms with E-state index in [0.717, 1.165) is 108 Å². The normalized spacial score (nSPS) is 14.1. The number of aliphatic hydroxyl groups excluding tert-OH is 1. The summed E-state index contributed by atoms with van der Waals surface area (Å²) < 4.78 is 69.0. The number of phosphoric acid groups is 2. The maximum Gasteiger partial charge on any atom is 0.472 e. The van der Waals surface area contributed by atoms with Crippen molar-refractivity contribution in [3.8, 4) is 0 Å². The Labute approximate surface area is 664 Å². The van der Waals surface area contributed by atoms with Gasteiger partial charge in [-0.3, -0.25) is 37.3 Å². The third-order valence-corrected chi connectivity index (χ3v) is 23.1. The number of unbranched alkanes of at least 4 members (excludes halogenated alkanes) is 54. The second-order valence-corrected chi connectivity index (χ2v) is 36.1. The number of carbonyl (C=O) groups excluding carboxylic acids is 4. The molecule has 0 saturated heterocycles. The van der Waals surface area contributed by atoms with E-state index in [1.54, 1.807) is 0 Å². The van der Waals surface area contributed by atoms with Gasteiger partial charge in [0.15, 0.2) is 12.2 Å². The third-order valence-electron chi connectivity index (χ3n) is 21.2. The van der Waals surface area contributed by atoms with E-state index in [1.165, 1.54) is 283 Å². The zero-order valence-electron chi connectivity index (χ0n) is 71.3. The Balaban J connectivity index is 5.26. The largest absolute Gasteiger partial charge is 0.472 e. The SMILES string of the molecule is CCCCCCCCCCCCCCCCCCCCCCCC(=O)O[C@H](COC(=O)CCCCCCCCCCCCCCCCCC(C)C)COP(=O)(O)OC[C@@H](O)COP(=O)(O)OC[C@@H](COC(=O)CCCCCCCCCCC(C)CC)OC(=O)CCCCCCCCCCCCCCCCC(C)C. The summed E-state index contributed by atoms with van der Waals surface area (Å²) in [6.07, 6.45) is 70.8. The lowest BCUT2D eigenvalue weighted by atomic mass is 9.99. The standard InChI is InChI=1S/C89H174O17P2/c1-8-10-11-12-13-14-15-16-17-18-19-20-21-22-25-32-37-42-51-58-65-72-88(93)105-84(76-99-86(91)70-63-56-49-41-36-31-26-23-24-29-34-39-46-53-60-67-80(3)4)78-103-107(95,96)101-74-83(90)75-102-108(97,98)104-79-85(77-100-87(92)71-64-57-50-45-44-48-55-62-69-82(7)9-2)106-89(94)73-66-59-52-43-38-33-28-27-30-35-40-47-54-61-68-81(5)6/h80-85,90H,8-79H2,1-7H3,(H,95,96)(H,97,98)/t82?,83-,84-,85-/m1/s1. The van der Waals surface area contributed by atoms with E-state index in [-0.39, 0.29) is 25.7 Å². The van der Waals surface area contributed by atoms with Crippen LogP contribution in [0.5, 0.6) is 0 Å². The number of rotatable bonds is 87. The van der Waals surface area contributed by atoms with Crippen LogP contribution in [0.15, 0.2) is 0 Å². The lowest BCUT2D eigenvalue weighted by Gasteiger charge is -2.21. The molecule has 0 rings (SSSR count). The van der Waals surface area contributed by atoms with Crippen molar-refractivity contribution >= 4 is 39.5 Å². The summed E-state index contributed by atoms with van der Waals surface area (Å²) in [5.74, 6) is 0.278. The molecule has 0 heterocycles. The molecule has 0 aliphatic carbocycles. The van der Waals surface area contributed by atoms with Crippen molar-refractivity contribution in [3.63, 3.8) is 0 Å². The Bertz CT molecular complexity index is 2080. The summed E-state index contributed by atoms with van der Waals surface area (Å²) in [7, 11) is -9.93. The summed E-state index contributed by atoms with van der Waals surface area (Å²) in [6, 6.07) is 0. The van der Waals surface area contributed by atoms with Crippen LogP contribution in [0, 0.1) is 17.8 Å². The average Bonchev–Trinajstić information content (AvgIpc) is 0.907. The van der Waals surface area contributed by atoms with E-state index >= 15 is 0 Å². The minimum atomic E-state index is -4.97. The van der Waals surface area contributed by atoms with Gasteiger partial charge in [-0.2, -0.15) is 0 Å². The van der Waals surface area contributed by atoms with Gasteiger partial charge in [0, 0.05) is 25.7 Å². The zero-order valence-corrected chi connectivity index (χ0v) is 73.1. The topological polar surface area (TPSA) is 237 Å². The summed E-state index contributed by atoms with van der Waals surface area (Å²) >= 11 is 0. The molecule has 19 heteroatoms. The third kappa shape index (κ3) is 80.7. The number of hydrogen-bond donors (Lipinski definition) is 3. The molecule has 3 unspecified atom stereocenters. The van der Waals surface area contributed by atoms with Crippen LogP contribution >= 0.6 is 15.6 Å². The highest BCUT2D eigenvalue weighted by atomic mass is 31.2. The lowest BCUT2D eigenvalue weighted by molar-refractivity contribution is -0.161. The number of ether oxygens (including phenoxy) is 4. The van der Waals surface area contributed by atoms with Crippen molar-refractivity contribution in [2.75, 3.05) is 39.6 Å². The fraction of sp³-hybridized carbons (Fsp3) is 0.955. The number of carbonyl (C=O) groups is 4. The predicted octanol–water partition coefficient (Wildman–Crippen LogP) is 27.3. The van der Waals surface area contributed by atoms with Crippen LogP contribution < -0.4 is 0 Å². The van der Waals surface area contributed by atoms with E-state index in [1.807, 2.05) is 0 Å². The molecule has 0 radical (unpaired) electrons. The summed E-state index contributed by atoms with van der Waals surface area (Å²) in [4.78, 5) is 73.4. The van der Waals surface area contributed by atoms with E-state index in [4.69, 9.17) is 37.0 Å². The molecule has 0 aromatic rings. The van der Waals surface area contributed by atoms with Crippen LogP contribution in [-0.2, 0) is 65.4 Å². The van der Waals surface area contributed by atoms with E-state index in [0.29, 0.717) is 25.7 Å². The molecule has 3 N–H and O–H groups in total. The van der Waals surface area contributed by atoms with Gasteiger partial charge in [0.1, 0.15) is 19.3 Å². The van der Waals surface area contributed by atoms with Gasteiger partial charge in [-0.15, -0.1) is 0 Å². The first-order valence-electron chi connectivity index (χ1n) is 45.9. The van der Waals surface area contributed by atoms with Gasteiger partial charge in [0.25, 0.3) is 0 Å². The molecule has 6 atom stereocenters. The molecule has 0 bridgehead atoms. The average molecular weight is 1580 g/mol. The highest BCUT2D eigenvalue weighted by Gasteiger charge is 2.31. The second-order valence-electron chi connectivity index (χ2n) is 33.2. The highest BCUT2D eigenvalue weighted by molar-refractivity contribution is 7.47. The van der Waals surface area contributed by atoms with E-state index in [9.17, 15) is 43.2 Å². The van der Waals surface area contributed by atoms with Crippen LogP contribution in [0.2, 0.25) is 0 Å². The maximum atomic E-state index is 13.2. The minimum Gasteiger partial charge on any atom is -0.462 e. The van der Waals surface area contributed by atoms with Gasteiger partial charge in [-0.05, 0) is 43.4 Å². The maximum absolute atomic E-state index is 13.2. The highest BCUT2D eigenvalue weighted by Crippen LogP contribution is 2.45. The molecule has 108 heavy (non-hydrogen) atoms. The fourth-order valence-corrected chi connectivity index (χ4v) is 15.4. The minimum absolute atomic E-state index is 0.107. The monoisotopic (exact) mass is 1580 g/mol. The molecular weight excluding hydrogens is 1400 g/mol. The number of phosphoric ester groups is 2. The van der Waals surface area contributed by atoms with Crippen molar-refractivity contribution in [2.24, 2.45) is 17.8 Å². The van der Waals surface area contributed by atoms with Gasteiger partial charge in [0.2, 0.25) is 0 Å². The Morgan fingerprint density at radius 2 is 0.472 bits per heavy atom. The lowest BCUT2D eigenvalue weighted by Crippen LogP contribution is -2.30. The Morgan fingerprint density at radius 3 is 0.704 bits per heavy atom. The number of aliphatic hydroxyl groups is 1. The van der Waals surface area contributed by atoms with Gasteiger partial charge in [-0.1, -0.05) is 421 Å². The molecular formula is C89H174O17P2. The zero-order chi connectivity index (χ0) is 79.3. The molecule has 0 aromatic carbocycles. The molecule has 0 aliphatic rings. The van der Waals surface area contributed by atoms with Gasteiger partial charge in [-0.25, -0.2) is 9.13 Å². The van der Waals surface area contributed by atoms with Gasteiger partial charge < -0.3 is 33.8 Å². The Hall–Kier alpha value is -1.94. The Kier molecular flexibility index (Phi) is 77.5. The van der Waals surface area contributed by atoms with E-state index in [2.05, 4.69) is 48.5 Å². The molecule has 0 fully saturated rings. The van der Waals surface area contributed by atoms with Crippen LogP contribution in [0.25, 0.3) is 0 Å². The first-order valence-corrected chi connectivity index (χ1v) is 48.9. The summed E-state index contributed by atoms with van der Waals surface area (Å²) in [5.41, 5.74) is 0. The first kappa shape index (κ1) is 106. The van der Waals surface area contributed by atoms with Crippen molar-refractivity contribution < 1.29 is 80.2 Å². The quantitative estimate of drug-likeness (QED) is 0.0222. The van der Waals surface area contributed by atoms with Crippen molar-refractivity contribution in [2.45, 2.75) is 491 Å². The van der Waals surface area contributed by atoms with Crippen molar-refractivity contribution in [3.05, 3.63) is 0 Å². The molecule has 642 valence electrons. The van der Waals surface area contributed by atoms with E-state index < -0.39 is 97.5 Å². The smallest absolute Gasteiger partial charge is 0.462 e. The van der Waals surface area contributed by atoms with Crippen molar-refractivity contribution in [1.82, 2.24) is 0 Å². The summed E-state index contributed by atoms with van der Waals surface area (Å²) in [5, 5.41) is 10.7. The Morgan fingerprint density at radius 1 is 0.269 bits per heavy atom. The summed E-state index contributed by atoms with van der Waals surface area (Å²) in [6.45, 7) is 12.0. The fourth-order valence-electron chi connectivity index (χ4n) is 13.9. The van der Waals surface area contributed by atoms with Crippen LogP contribution in [0.1, 0.15) is 472 Å².